The second kappa shape index (κ2) is 5.73. The first-order chi connectivity index (χ1) is 6.00. The van der Waals surface area contributed by atoms with Crippen LogP contribution in [0.5, 0.6) is 0 Å². The van der Waals surface area contributed by atoms with E-state index in [1.807, 2.05) is 13.8 Å². The Morgan fingerprint density at radius 2 is 2.08 bits per heavy atom. The molecule has 1 N–H and O–H groups in total. The number of hydrazone groups is 1. The van der Waals surface area contributed by atoms with Gasteiger partial charge in [0.1, 0.15) is 5.78 Å². The van der Waals surface area contributed by atoms with Crippen LogP contribution in [0.1, 0.15) is 40.0 Å². The molecule has 0 aromatic rings. The molecule has 0 amide bonds. The number of rotatable bonds is 7. The zero-order valence-corrected chi connectivity index (χ0v) is 8.89. The molecule has 0 aliphatic rings. The lowest BCUT2D eigenvalue weighted by Gasteiger charge is -2.20. The summed E-state index contributed by atoms with van der Waals surface area (Å²) >= 11 is 0. The maximum atomic E-state index is 11.1. The summed E-state index contributed by atoms with van der Waals surface area (Å²) in [5, 5.41) is 3.54. The molecule has 0 aromatic carbocycles. The minimum atomic E-state index is -0.165. The molecule has 3 heteroatoms. The van der Waals surface area contributed by atoms with Gasteiger partial charge in [0.25, 0.3) is 0 Å². The van der Waals surface area contributed by atoms with Crippen molar-refractivity contribution in [1.82, 2.24) is 5.43 Å². The van der Waals surface area contributed by atoms with E-state index >= 15 is 0 Å². The molecule has 3 nitrogen and oxygen atoms in total. The normalized spacial score (nSPS) is 11.0. The molecule has 0 aromatic heterocycles. The molecule has 0 saturated heterocycles. The van der Waals surface area contributed by atoms with Crippen LogP contribution in [-0.2, 0) is 4.79 Å². The van der Waals surface area contributed by atoms with Crippen molar-refractivity contribution in [2.45, 2.75) is 40.0 Å². The molecule has 0 radical (unpaired) electrons. The monoisotopic (exact) mass is 184 g/mol. The molecule has 0 rings (SSSR count). The summed E-state index contributed by atoms with van der Waals surface area (Å²) in [6.45, 7) is 9.81. The summed E-state index contributed by atoms with van der Waals surface area (Å²) in [5.74, 6) is 0.266. The highest BCUT2D eigenvalue weighted by molar-refractivity contribution is 5.81. The predicted molar refractivity (Wildman–Crippen MR) is 55.9 cm³/mol. The quantitative estimate of drug-likeness (QED) is 0.373. The van der Waals surface area contributed by atoms with Crippen LogP contribution in [0.3, 0.4) is 0 Å². The Hall–Kier alpha value is -0.860. The van der Waals surface area contributed by atoms with Crippen molar-refractivity contribution >= 4 is 12.5 Å². The zero-order chi connectivity index (χ0) is 10.3. The molecule has 0 heterocycles. The standard InChI is InChI=1S/C10H20N2O/c1-9(13)10(2,3)7-5-6-8-12-11-4/h12H,4-8H2,1-3H3. The van der Waals surface area contributed by atoms with Crippen LogP contribution >= 0.6 is 0 Å². The number of nitrogens with one attached hydrogen (secondary N) is 1. The van der Waals surface area contributed by atoms with Gasteiger partial charge < -0.3 is 5.43 Å². The van der Waals surface area contributed by atoms with Crippen LogP contribution in [-0.4, -0.2) is 19.0 Å². The highest BCUT2D eigenvalue weighted by atomic mass is 16.1. The Bertz CT molecular complexity index is 176. The Morgan fingerprint density at radius 3 is 2.54 bits per heavy atom. The van der Waals surface area contributed by atoms with Crippen LogP contribution in [0.25, 0.3) is 0 Å². The Balaban J connectivity index is 3.52. The number of ketones is 1. The summed E-state index contributed by atoms with van der Waals surface area (Å²) in [4.78, 5) is 11.1. The maximum absolute atomic E-state index is 11.1. The van der Waals surface area contributed by atoms with E-state index in [-0.39, 0.29) is 11.2 Å². The minimum Gasteiger partial charge on any atom is -0.311 e. The van der Waals surface area contributed by atoms with E-state index in [0.717, 1.165) is 25.8 Å². The van der Waals surface area contributed by atoms with E-state index in [1.165, 1.54) is 0 Å². The fourth-order valence-electron chi connectivity index (χ4n) is 1.03. The Kier molecular flexibility index (Phi) is 5.35. The van der Waals surface area contributed by atoms with E-state index in [2.05, 4.69) is 17.2 Å². The fourth-order valence-corrected chi connectivity index (χ4v) is 1.03. The van der Waals surface area contributed by atoms with Crippen LogP contribution < -0.4 is 5.43 Å². The summed E-state index contributed by atoms with van der Waals surface area (Å²) in [6, 6.07) is 0. The highest BCUT2D eigenvalue weighted by Gasteiger charge is 2.22. The van der Waals surface area contributed by atoms with Crippen molar-refractivity contribution in [2.24, 2.45) is 10.5 Å². The van der Waals surface area contributed by atoms with Gasteiger partial charge in [-0.3, -0.25) is 4.79 Å². The van der Waals surface area contributed by atoms with Gasteiger partial charge in [0.05, 0.1) is 0 Å². The lowest BCUT2D eigenvalue weighted by Crippen LogP contribution is -2.21. The number of Topliss-reactive ketones (excluding diaryl/α,β-unsaturated/α-hetero) is 1. The first-order valence-corrected chi connectivity index (χ1v) is 4.70. The summed E-state index contributed by atoms with van der Waals surface area (Å²) in [6.07, 6.45) is 3.03. The summed E-state index contributed by atoms with van der Waals surface area (Å²) < 4.78 is 0. The Morgan fingerprint density at radius 1 is 1.46 bits per heavy atom. The number of unbranched alkanes of at least 4 members (excludes halogenated alkanes) is 1. The van der Waals surface area contributed by atoms with Gasteiger partial charge in [-0.1, -0.05) is 20.3 Å². The molecule has 0 unspecified atom stereocenters. The van der Waals surface area contributed by atoms with Gasteiger partial charge in [0.15, 0.2) is 0 Å². The van der Waals surface area contributed by atoms with Gasteiger partial charge in [-0.2, -0.15) is 5.10 Å². The van der Waals surface area contributed by atoms with E-state index in [4.69, 9.17) is 0 Å². The van der Waals surface area contributed by atoms with Crippen LogP contribution in [0.4, 0.5) is 0 Å². The first-order valence-electron chi connectivity index (χ1n) is 4.70. The van der Waals surface area contributed by atoms with Crippen molar-refractivity contribution in [3.8, 4) is 0 Å². The molecule has 0 bridgehead atoms. The summed E-state index contributed by atoms with van der Waals surface area (Å²) in [7, 11) is 0. The van der Waals surface area contributed by atoms with Crippen LogP contribution in [0, 0.1) is 5.41 Å². The molecule has 0 fully saturated rings. The summed E-state index contributed by atoms with van der Waals surface area (Å²) in [5.41, 5.74) is 2.63. The second-order valence-corrected chi connectivity index (χ2v) is 3.96. The molecule has 0 saturated carbocycles. The van der Waals surface area contributed by atoms with E-state index < -0.39 is 0 Å². The fraction of sp³-hybridized carbons (Fsp3) is 0.800. The molecule has 13 heavy (non-hydrogen) atoms. The van der Waals surface area contributed by atoms with Gasteiger partial charge in [0.2, 0.25) is 0 Å². The van der Waals surface area contributed by atoms with Crippen molar-refractivity contribution in [3.63, 3.8) is 0 Å². The molecular weight excluding hydrogens is 164 g/mol. The third kappa shape index (κ3) is 5.39. The number of hydrogen-bond donors (Lipinski definition) is 1. The van der Waals surface area contributed by atoms with Gasteiger partial charge in [-0.15, -0.1) is 0 Å². The third-order valence-corrected chi connectivity index (χ3v) is 2.41. The maximum Gasteiger partial charge on any atom is 0.135 e. The number of nitrogens with zero attached hydrogens (tertiary/aromatic N) is 1. The topological polar surface area (TPSA) is 41.5 Å². The van der Waals surface area contributed by atoms with Crippen molar-refractivity contribution in [2.75, 3.05) is 6.54 Å². The van der Waals surface area contributed by atoms with Crippen LogP contribution in [0.2, 0.25) is 0 Å². The van der Waals surface area contributed by atoms with Gasteiger partial charge >= 0.3 is 0 Å². The highest BCUT2D eigenvalue weighted by Crippen LogP contribution is 2.23. The van der Waals surface area contributed by atoms with Gasteiger partial charge in [0, 0.05) is 18.7 Å². The van der Waals surface area contributed by atoms with Gasteiger partial charge in [-0.25, -0.2) is 0 Å². The average Bonchev–Trinajstić information content (AvgIpc) is 2.03. The van der Waals surface area contributed by atoms with Gasteiger partial charge in [-0.05, 0) is 19.8 Å². The molecule has 0 spiro atoms. The molecule has 0 atom stereocenters. The van der Waals surface area contributed by atoms with E-state index in [0.29, 0.717) is 0 Å². The minimum absolute atomic E-state index is 0.165. The largest absolute Gasteiger partial charge is 0.311 e. The zero-order valence-electron chi connectivity index (χ0n) is 8.89. The molecule has 76 valence electrons. The van der Waals surface area contributed by atoms with E-state index in [1.54, 1.807) is 6.92 Å². The van der Waals surface area contributed by atoms with E-state index in [9.17, 15) is 4.79 Å². The second-order valence-electron chi connectivity index (χ2n) is 3.96. The van der Waals surface area contributed by atoms with Crippen molar-refractivity contribution in [1.29, 1.82) is 0 Å². The first kappa shape index (κ1) is 12.1. The SMILES string of the molecule is C=NNCCCCC(C)(C)C(C)=O. The number of carbonyl (C=O) groups is 1. The molecular formula is C10H20N2O. The van der Waals surface area contributed by atoms with Crippen LogP contribution in [0.15, 0.2) is 5.10 Å². The number of hydrogen-bond acceptors (Lipinski definition) is 3. The lowest BCUT2D eigenvalue weighted by atomic mass is 9.83. The molecule has 0 aliphatic heterocycles. The smallest absolute Gasteiger partial charge is 0.135 e. The number of carbonyl (C=O) groups excluding carboxylic acids is 1. The third-order valence-electron chi connectivity index (χ3n) is 2.41. The van der Waals surface area contributed by atoms with Crippen molar-refractivity contribution < 1.29 is 4.79 Å². The predicted octanol–water partition coefficient (Wildman–Crippen LogP) is 1.98. The van der Waals surface area contributed by atoms with Crippen molar-refractivity contribution in [3.05, 3.63) is 0 Å². The molecule has 0 aliphatic carbocycles. The average molecular weight is 184 g/mol. The lowest BCUT2D eigenvalue weighted by molar-refractivity contribution is -0.125. The Labute approximate surface area is 80.6 Å².